The summed E-state index contributed by atoms with van der Waals surface area (Å²) in [6.45, 7) is 3.03. The minimum atomic E-state index is -3.70. The molecular weight excluding hydrogens is 480 g/mol. The maximum atomic E-state index is 13.0. The van der Waals surface area contributed by atoms with Gasteiger partial charge in [-0.25, -0.2) is 8.42 Å². The van der Waals surface area contributed by atoms with Crippen molar-refractivity contribution in [2.24, 2.45) is 5.92 Å². The molecule has 0 spiro atoms. The molecule has 1 amide bonds. The summed E-state index contributed by atoms with van der Waals surface area (Å²) in [5.41, 5.74) is 0.764. The van der Waals surface area contributed by atoms with E-state index in [1.807, 2.05) is 31.2 Å². The number of piperidine rings is 1. The number of benzene rings is 2. The van der Waals surface area contributed by atoms with Gasteiger partial charge in [-0.2, -0.15) is 9.29 Å². The molecule has 0 bridgehead atoms. The maximum absolute atomic E-state index is 13.0. The number of amides is 1. The van der Waals surface area contributed by atoms with E-state index in [2.05, 4.69) is 15.5 Å². The van der Waals surface area contributed by atoms with Gasteiger partial charge in [0, 0.05) is 23.7 Å². The summed E-state index contributed by atoms with van der Waals surface area (Å²) in [7, 11) is -3.70. The summed E-state index contributed by atoms with van der Waals surface area (Å²) in [5, 5.41) is 7.21. The molecule has 1 N–H and O–H groups in total. The third-order valence-electron chi connectivity index (χ3n) is 5.51. The fraction of sp³-hybridized carbons (Fsp3) is 0.348. The summed E-state index contributed by atoms with van der Waals surface area (Å²) in [6.07, 6.45) is 1.19. The van der Waals surface area contributed by atoms with E-state index in [1.54, 1.807) is 0 Å². The van der Waals surface area contributed by atoms with Crippen molar-refractivity contribution in [2.45, 2.75) is 31.2 Å². The van der Waals surface area contributed by atoms with Gasteiger partial charge in [-0.15, -0.1) is 0 Å². The van der Waals surface area contributed by atoms with Gasteiger partial charge in [0.15, 0.2) is 0 Å². The van der Waals surface area contributed by atoms with Crippen LogP contribution < -0.4 is 10.1 Å². The van der Waals surface area contributed by atoms with E-state index in [0.717, 1.165) is 11.3 Å². The zero-order valence-electron chi connectivity index (χ0n) is 18.6. The van der Waals surface area contributed by atoms with Gasteiger partial charge in [-0.05, 0) is 68.3 Å². The Morgan fingerprint density at radius 2 is 1.94 bits per heavy atom. The van der Waals surface area contributed by atoms with Gasteiger partial charge in [0.2, 0.25) is 27.6 Å². The summed E-state index contributed by atoms with van der Waals surface area (Å²) in [6, 6.07) is 13.3. The van der Waals surface area contributed by atoms with E-state index in [0.29, 0.717) is 36.8 Å². The quantitative estimate of drug-likeness (QED) is 0.499. The molecule has 34 heavy (non-hydrogen) atoms. The number of carbonyl (C=O) groups excluding carboxylic acids is 1. The number of carbonyl (C=O) groups is 1. The molecule has 0 saturated carbocycles. The molecule has 1 aromatic heterocycles. The van der Waals surface area contributed by atoms with Gasteiger partial charge in [-0.3, -0.25) is 4.79 Å². The number of ether oxygens (including phenoxy) is 1. The molecule has 1 saturated heterocycles. The lowest BCUT2D eigenvalue weighted by molar-refractivity contribution is -0.126. The van der Waals surface area contributed by atoms with Crippen LogP contribution in [0.2, 0.25) is 5.02 Å². The Morgan fingerprint density at radius 3 is 2.65 bits per heavy atom. The highest BCUT2D eigenvalue weighted by Crippen LogP contribution is 2.25. The number of aromatic nitrogens is 2. The van der Waals surface area contributed by atoms with E-state index in [9.17, 15) is 13.2 Å². The summed E-state index contributed by atoms with van der Waals surface area (Å²) in [5.74, 6) is 0.701. The molecule has 3 aromatic rings. The lowest BCUT2D eigenvalue weighted by atomic mass is 9.99. The standard InChI is InChI=1S/C23H25ClN4O5S/c1-2-32-19-9-5-16(6-10-19)22-26-21(33-27-22)14-25-23(29)17-4-3-13-28(15-17)34(30,31)20-11-7-18(24)8-12-20/h5-12,17H,2-4,13-15H2,1H3,(H,25,29)/t17-/m1/s1. The molecule has 1 aliphatic heterocycles. The van der Waals surface area contributed by atoms with Crippen LogP contribution in [0, 0.1) is 5.92 Å². The highest BCUT2D eigenvalue weighted by atomic mass is 35.5. The molecule has 4 rings (SSSR count). The number of hydrogen-bond acceptors (Lipinski definition) is 7. The highest BCUT2D eigenvalue weighted by Gasteiger charge is 2.33. The molecule has 2 heterocycles. The zero-order valence-corrected chi connectivity index (χ0v) is 20.2. The number of nitrogens with zero attached hydrogens (tertiary/aromatic N) is 3. The van der Waals surface area contributed by atoms with Crippen LogP contribution in [0.4, 0.5) is 0 Å². The first-order valence-corrected chi connectivity index (χ1v) is 12.8. The molecule has 2 aromatic carbocycles. The molecule has 180 valence electrons. The third-order valence-corrected chi connectivity index (χ3v) is 7.64. The fourth-order valence-electron chi connectivity index (χ4n) is 3.75. The van der Waals surface area contributed by atoms with Crippen molar-refractivity contribution < 1.29 is 22.5 Å². The van der Waals surface area contributed by atoms with E-state index in [-0.39, 0.29) is 29.8 Å². The van der Waals surface area contributed by atoms with Crippen molar-refractivity contribution in [3.8, 4) is 17.1 Å². The van der Waals surface area contributed by atoms with Gasteiger partial charge in [-0.1, -0.05) is 16.8 Å². The lowest BCUT2D eigenvalue weighted by Gasteiger charge is -2.31. The maximum Gasteiger partial charge on any atom is 0.246 e. The van der Waals surface area contributed by atoms with Crippen molar-refractivity contribution in [2.75, 3.05) is 19.7 Å². The monoisotopic (exact) mass is 504 g/mol. The number of nitrogens with one attached hydrogen (secondary N) is 1. The third kappa shape index (κ3) is 5.57. The molecule has 1 atom stereocenters. The average molecular weight is 505 g/mol. The smallest absolute Gasteiger partial charge is 0.246 e. The minimum absolute atomic E-state index is 0.0588. The van der Waals surface area contributed by atoms with Gasteiger partial charge in [0.1, 0.15) is 5.75 Å². The van der Waals surface area contributed by atoms with E-state index < -0.39 is 15.9 Å². The molecule has 1 aliphatic rings. The molecule has 11 heteroatoms. The molecule has 9 nitrogen and oxygen atoms in total. The summed E-state index contributed by atoms with van der Waals surface area (Å²) < 4.78 is 37.9. The molecule has 1 fully saturated rings. The van der Waals surface area contributed by atoms with Crippen molar-refractivity contribution in [3.05, 3.63) is 59.4 Å². The largest absolute Gasteiger partial charge is 0.494 e. The Hall–Kier alpha value is -2.95. The van der Waals surface area contributed by atoms with E-state index in [1.165, 1.54) is 28.6 Å². The Bertz CT molecular complexity index is 1230. The van der Waals surface area contributed by atoms with Crippen LogP contribution in [0.1, 0.15) is 25.7 Å². The van der Waals surface area contributed by atoms with Gasteiger partial charge in [0.25, 0.3) is 0 Å². The molecule has 0 unspecified atom stereocenters. The van der Waals surface area contributed by atoms with Crippen LogP contribution in [0.15, 0.2) is 57.9 Å². The van der Waals surface area contributed by atoms with Crippen molar-refractivity contribution in [1.29, 1.82) is 0 Å². The van der Waals surface area contributed by atoms with Crippen molar-refractivity contribution >= 4 is 27.5 Å². The normalized spacial score (nSPS) is 16.8. The minimum Gasteiger partial charge on any atom is -0.494 e. The first-order chi connectivity index (χ1) is 16.4. The van der Waals surface area contributed by atoms with Crippen molar-refractivity contribution in [3.63, 3.8) is 0 Å². The van der Waals surface area contributed by atoms with Gasteiger partial charge in [0.05, 0.1) is 24.0 Å². The Balaban J connectivity index is 1.34. The summed E-state index contributed by atoms with van der Waals surface area (Å²) >= 11 is 5.87. The second kappa shape index (κ2) is 10.5. The van der Waals surface area contributed by atoms with E-state index in [4.69, 9.17) is 20.9 Å². The molecular formula is C23H25ClN4O5S. The molecule has 0 aliphatic carbocycles. The van der Waals surface area contributed by atoms with Crippen molar-refractivity contribution in [1.82, 2.24) is 19.8 Å². The Labute approximate surface area is 203 Å². The van der Waals surface area contributed by atoms with Crippen LogP contribution in [0.3, 0.4) is 0 Å². The number of sulfonamides is 1. The average Bonchev–Trinajstić information content (AvgIpc) is 3.33. The van der Waals surface area contributed by atoms with Crippen LogP contribution >= 0.6 is 11.6 Å². The predicted octanol–water partition coefficient (Wildman–Crippen LogP) is 3.51. The Morgan fingerprint density at radius 1 is 1.21 bits per heavy atom. The van der Waals surface area contributed by atoms with Crippen LogP contribution in [-0.2, 0) is 21.4 Å². The van der Waals surface area contributed by atoms with Gasteiger partial charge < -0.3 is 14.6 Å². The summed E-state index contributed by atoms with van der Waals surface area (Å²) in [4.78, 5) is 17.2. The molecule has 0 radical (unpaired) electrons. The SMILES string of the molecule is CCOc1ccc(-c2noc(CNC(=O)[C@@H]3CCCN(S(=O)(=O)c4ccc(Cl)cc4)C3)n2)cc1. The Kier molecular flexibility index (Phi) is 7.50. The fourth-order valence-corrected chi connectivity index (χ4v) is 5.40. The zero-order chi connectivity index (χ0) is 24.1. The van der Waals surface area contributed by atoms with Crippen LogP contribution in [0.5, 0.6) is 5.75 Å². The first kappa shape index (κ1) is 24.2. The number of hydrogen-bond donors (Lipinski definition) is 1. The van der Waals surface area contributed by atoms with Crippen LogP contribution in [0.25, 0.3) is 11.4 Å². The second-order valence-electron chi connectivity index (χ2n) is 7.84. The van der Waals surface area contributed by atoms with E-state index >= 15 is 0 Å². The second-order valence-corrected chi connectivity index (χ2v) is 10.2. The van der Waals surface area contributed by atoms with Gasteiger partial charge >= 0.3 is 0 Å². The number of halogens is 1. The topological polar surface area (TPSA) is 115 Å². The first-order valence-electron chi connectivity index (χ1n) is 11.0. The highest BCUT2D eigenvalue weighted by molar-refractivity contribution is 7.89. The van der Waals surface area contributed by atoms with Crippen LogP contribution in [-0.4, -0.2) is 48.5 Å². The predicted molar refractivity (Wildman–Crippen MR) is 126 cm³/mol. The number of rotatable bonds is 8. The lowest BCUT2D eigenvalue weighted by Crippen LogP contribution is -2.45.